The van der Waals surface area contributed by atoms with Gasteiger partial charge in [0.25, 0.3) is 0 Å². The van der Waals surface area contributed by atoms with Gasteiger partial charge in [-0.05, 0) is 45.0 Å². The first-order valence-electron chi connectivity index (χ1n) is 9.68. The van der Waals surface area contributed by atoms with Crippen molar-refractivity contribution in [3.8, 4) is 0 Å². The molecule has 0 bridgehead atoms. The molecule has 0 spiro atoms. The Morgan fingerprint density at radius 3 is 2.25 bits per heavy atom. The third-order valence-electron chi connectivity index (χ3n) is 5.35. The molecular weight excluding hydrogens is 421 g/mol. The molecule has 0 radical (unpaired) electrons. The van der Waals surface area contributed by atoms with Crippen molar-refractivity contribution in [2.45, 2.75) is 44.6 Å². The molecule has 1 N–H and O–H groups in total. The van der Waals surface area contributed by atoms with Gasteiger partial charge in [0.1, 0.15) is 4.90 Å². The normalized spacial score (nSPS) is 17.6. The molecule has 9 heteroatoms. The second kappa shape index (κ2) is 10.3. The monoisotopic (exact) mass is 449 g/mol. The van der Waals surface area contributed by atoms with E-state index in [4.69, 9.17) is 23.2 Å². The van der Waals surface area contributed by atoms with Gasteiger partial charge in [-0.3, -0.25) is 9.69 Å². The molecule has 0 aromatic heterocycles. The van der Waals surface area contributed by atoms with E-state index in [-0.39, 0.29) is 45.9 Å². The highest BCUT2D eigenvalue weighted by Crippen LogP contribution is 2.33. The number of amides is 1. The van der Waals surface area contributed by atoms with Crippen LogP contribution in [0, 0.1) is 5.92 Å². The average molecular weight is 450 g/mol. The molecule has 1 aromatic carbocycles. The van der Waals surface area contributed by atoms with Crippen molar-refractivity contribution in [2.24, 2.45) is 5.92 Å². The summed E-state index contributed by atoms with van der Waals surface area (Å²) in [7, 11) is -3.79. The SMILES string of the molecule is CCN(CC)C(C)CNC(=O)C1CCN(S(=O)(=O)c2c(Cl)cccc2Cl)CC1. The molecule has 1 heterocycles. The topological polar surface area (TPSA) is 69.7 Å². The van der Waals surface area contributed by atoms with Gasteiger partial charge in [0.15, 0.2) is 0 Å². The zero-order chi connectivity index (χ0) is 20.9. The lowest BCUT2D eigenvalue weighted by Gasteiger charge is -2.32. The van der Waals surface area contributed by atoms with E-state index >= 15 is 0 Å². The molecule has 2 rings (SSSR count). The van der Waals surface area contributed by atoms with Gasteiger partial charge in [0.05, 0.1) is 10.0 Å². The van der Waals surface area contributed by atoms with Crippen molar-refractivity contribution < 1.29 is 13.2 Å². The zero-order valence-corrected chi connectivity index (χ0v) is 18.9. The number of halogens is 2. The molecule has 1 aliphatic rings. The van der Waals surface area contributed by atoms with Crippen LogP contribution in [-0.2, 0) is 14.8 Å². The largest absolute Gasteiger partial charge is 0.354 e. The molecule has 0 aliphatic carbocycles. The summed E-state index contributed by atoms with van der Waals surface area (Å²) in [5.41, 5.74) is 0. The van der Waals surface area contributed by atoms with Crippen LogP contribution >= 0.6 is 23.2 Å². The van der Waals surface area contributed by atoms with Gasteiger partial charge >= 0.3 is 0 Å². The Morgan fingerprint density at radius 1 is 1.21 bits per heavy atom. The Bertz CT molecular complexity index is 756. The highest BCUT2D eigenvalue weighted by Gasteiger charge is 2.34. The summed E-state index contributed by atoms with van der Waals surface area (Å²) in [5.74, 6) is -0.191. The van der Waals surface area contributed by atoms with Gasteiger partial charge in [-0.1, -0.05) is 43.1 Å². The maximum atomic E-state index is 12.9. The number of hydrogen-bond donors (Lipinski definition) is 1. The maximum Gasteiger partial charge on any atom is 0.246 e. The van der Waals surface area contributed by atoms with Gasteiger partial charge in [-0.25, -0.2) is 8.42 Å². The van der Waals surface area contributed by atoms with E-state index in [9.17, 15) is 13.2 Å². The molecule has 28 heavy (non-hydrogen) atoms. The third-order valence-corrected chi connectivity index (χ3v) is 8.20. The molecule has 0 saturated carbocycles. The van der Waals surface area contributed by atoms with Gasteiger partial charge in [-0.15, -0.1) is 0 Å². The van der Waals surface area contributed by atoms with Crippen LogP contribution in [0.2, 0.25) is 10.0 Å². The molecule has 1 atom stereocenters. The molecule has 1 fully saturated rings. The first kappa shape index (κ1) is 23.4. The minimum Gasteiger partial charge on any atom is -0.354 e. The summed E-state index contributed by atoms with van der Waals surface area (Å²) in [5, 5.41) is 3.23. The maximum absolute atomic E-state index is 12.9. The minimum atomic E-state index is -3.79. The third kappa shape index (κ3) is 5.39. The van der Waals surface area contributed by atoms with Crippen LogP contribution < -0.4 is 5.32 Å². The Hall–Kier alpha value is -0.860. The zero-order valence-electron chi connectivity index (χ0n) is 16.6. The molecule has 1 aromatic rings. The number of likely N-dealkylation sites (N-methyl/N-ethyl adjacent to an activating group) is 1. The predicted molar refractivity (Wildman–Crippen MR) is 113 cm³/mol. The summed E-state index contributed by atoms with van der Waals surface area (Å²) < 4.78 is 27.2. The van der Waals surface area contributed by atoms with Crippen LogP contribution in [-0.4, -0.2) is 62.3 Å². The second-order valence-corrected chi connectivity index (χ2v) is 9.73. The number of piperidine rings is 1. The van der Waals surface area contributed by atoms with Crippen LogP contribution in [0.1, 0.15) is 33.6 Å². The molecule has 1 saturated heterocycles. The van der Waals surface area contributed by atoms with E-state index < -0.39 is 10.0 Å². The van der Waals surface area contributed by atoms with Crippen molar-refractivity contribution >= 4 is 39.1 Å². The molecule has 6 nitrogen and oxygen atoms in total. The quantitative estimate of drug-likeness (QED) is 0.660. The van der Waals surface area contributed by atoms with Crippen molar-refractivity contribution in [3.63, 3.8) is 0 Å². The highest BCUT2D eigenvalue weighted by molar-refractivity contribution is 7.89. The highest BCUT2D eigenvalue weighted by atomic mass is 35.5. The average Bonchev–Trinajstić information content (AvgIpc) is 2.67. The van der Waals surface area contributed by atoms with Gasteiger partial charge in [0.2, 0.25) is 15.9 Å². The van der Waals surface area contributed by atoms with Crippen molar-refractivity contribution in [1.29, 1.82) is 0 Å². The Balaban J connectivity index is 1.94. The van der Waals surface area contributed by atoms with Gasteiger partial charge in [-0.2, -0.15) is 4.31 Å². The number of rotatable bonds is 8. The number of benzene rings is 1. The second-order valence-electron chi connectivity index (χ2n) is 7.04. The fourth-order valence-electron chi connectivity index (χ4n) is 3.59. The van der Waals surface area contributed by atoms with Crippen LogP contribution in [0.15, 0.2) is 23.1 Å². The van der Waals surface area contributed by atoms with E-state index in [1.807, 2.05) is 0 Å². The molecule has 1 amide bonds. The number of nitrogens with zero attached hydrogens (tertiary/aromatic N) is 2. The number of sulfonamides is 1. The van der Waals surface area contributed by atoms with E-state index in [0.717, 1.165) is 13.1 Å². The fraction of sp³-hybridized carbons (Fsp3) is 0.632. The van der Waals surface area contributed by atoms with Crippen LogP contribution in [0.25, 0.3) is 0 Å². The summed E-state index contributed by atoms with van der Waals surface area (Å²) in [6.45, 7) is 9.31. The van der Waals surface area contributed by atoms with Crippen LogP contribution in [0.5, 0.6) is 0 Å². The number of carbonyl (C=O) groups excluding carboxylic acids is 1. The van der Waals surface area contributed by atoms with Crippen LogP contribution in [0.4, 0.5) is 0 Å². The van der Waals surface area contributed by atoms with Gasteiger partial charge in [0, 0.05) is 31.6 Å². The Labute approximate surface area is 178 Å². The fourth-order valence-corrected chi connectivity index (χ4v) is 6.15. The minimum absolute atomic E-state index is 0.00756. The van der Waals surface area contributed by atoms with E-state index in [2.05, 4.69) is 31.0 Å². The molecule has 1 unspecified atom stereocenters. The van der Waals surface area contributed by atoms with Crippen LogP contribution in [0.3, 0.4) is 0 Å². The Morgan fingerprint density at radius 2 is 1.75 bits per heavy atom. The van der Waals surface area contributed by atoms with Gasteiger partial charge < -0.3 is 5.32 Å². The summed E-state index contributed by atoms with van der Waals surface area (Å²) >= 11 is 12.1. The summed E-state index contributed by atoms with van der Waals surface area (Å²) in [4.78, 5) is 14.7. The lowest BCUT2D eigenvalue weighted by molar-refractivity contribution is -0.126. The molecular formula is C19H29Cl2N3O3S. The van der Waals surface area contributed by atoms with E-state index in [1.54, 1.807) is 6.07 Å². The first-order valence-corrected chi connectivity index (χ1v) is 11.9. The first-order chi connectivity index (χ1) is 13.2. The lowest BCUT2D eigenvalue weighted by Crippen LogP contribution is -2.46. The van der Waals surface area contributed by atoms with Crippen molar-refractivity contribution in [2.75, 3.05) is 32.7 Å². The number of hydrogen-bond acceptors (Lipinski definition) is 4. The Kier molecular flexibility index (Phi) is 8.58. The number of nitrogens with one attached hydrogen (secondary N) is 1. The summed E-state index contributed by atoms with van der Waals surface area (Å²) in [6, 6.07) is 4.90. The van der Waals surface area contributed by atoms with Crippen molar-refractivity contribution in [3.05, 3.63) is 28.2 Å². The number of carbonyl (C=O) groups is 1. The predicted octanol–water partition coefficient (Wildman–Crippen LogP) is 3.24. The van der Waals surface area contributed by atoms with E-state index in [1.165, 1.54) is 16.4 Å². The smallest absolute Gasteiger partial charge is 0.246 e. The standard InChI is InChI=1S/C19H29Cl2N3O3S/c1-4-23(5-2)14(3)13-22-19(25)15-9-11-24(12-10-15)28(26,27)18-16(20)7-6-8-17(18)21/h6-8,14-15H,4-5,9-13H2,1-3H3,(H,22,25). The molecule has 1 aliphatic heterocycles. The molecule has 158 valence electrons. The van der Waals surface area contributed by atoms with Crippen molar-refractivity contribution in [1.82, 2.24) is 14.5 Å². The summed E-state index contributed by atoms with van der Waals surface area (Å²) in [6.07, 6.45) is 0.958. The lowest BCUT2D eigenvalue weighted by atomic mass is 9.97. The van der Waals surface area contributed by atoms with E-state index in [0.29, 0.717) is 19.4 Å².